The summed E-state index contributed by atoms with van der Waals surface area (Å²) in [6.07, 6.45) is 0. The lowest BCUT2D eigenvalue weighted by Crippen LogP contribution is -2.46. The average Bonchev–Trinajstić information content (AvgIpc) is 2.59. The maximum Gasteiger partial charge on any atom is 0.161 e. The van der Waals surface area contributed by atoms with Gasteiger partial charge < -0.3 is 14.7 Å². The van der Waals surface area contributed by atoms with Crippen molar-refractivity contribution < 1.29 is 9.84 Å². The molecule has 4 heteroatoms. The van der Waals surface area contributed by atoms with Gasteiger partial charge in [0.2, 0.25) is 0 Å². The van der Waals surface area contributed by atoms with Gasteiger partial charge in [0.1, 0.15) is 0 Å². The van der Waals surface area contributed by atoms with Crippen LogP contribution in [0.25, 0.3) is 0 Å². The van der Waals surface area contributed by atoms with E-state index in [9.17, 15) is 5.11 Å². The van der Waals surface area contributed by atoms with Crippen molar-refractivity contribution in [1.82, 2.24) is 4.90 Å². The van der Waals surface area contributed by atoms with Gasteiger partial charge in [-0.2, -0.15) is 0 Å². The monoisotopic (exact) mass is 326 g/mol. The van der Waals surface area contributed by atoms with E-state index in [0.717, 1.165) is 32.7 Å². The van der Waals surface area contributed by atoms with E-state index in [1.54, 1.807) is 6.07 Å². The molecule has 1 saturated heterocycles. The Morgan fingerprint density at radius 1 is 1.04 bits per heavy atom. The normalized spacial score (nSPS) is 15.5. The van der Waals surface area contributed by atoms with Gasteiger partial charge in [-0.1, -0.05) is 24.3 Å². The molecule has 24 heavy (non-hydrogen) atoms. The van der Waals surface area contributed by atoms with Crippen LogP contribution in [0.2, 0.25) is 0 Å². The lowest BCUT2D eigenvalue weighted by Gasteiger charge is -2.36. The fourth-order valence-corrected chi connectivity index (χ4v) is 3.25. The first-order valence-electron chi connectivity index (χ1n) is 8.65. The van der Waals surface area contributed by atoms with E-state index in [2.05, 4.69) is 41.0 Å². The second kappa shape index (κ2) is 7.58. The first-order chi connectivity index (χ1) is 11.7. The molecule has 4 nitrogen and oxygen atoms in total. The Labute approximate surface area is 144 Å². The second-order valence-electron chi connectivity index (χ2n) is 6.28. The van der Waals surface area contributed by atoms with Gasteiger partial charge in [0, 0.05) is 38.4 Å². The van der Waals surface area contributed by atoms with Crippen molar-refractivity contribution in [3.05, 3.63) is 53.6 Å². The van der Waals surface area contributed by atoms with Gasteiger partial charge in [-0.3, -0.25) is 4.90 Å². The largest absolute Gasteiger partial charge is 0.504 e. The van der Waals surface area contributed by atoms with E-state index in [4.69, 9.17) is 4.74 Å². The number of phenols is 1. The Morgan fingerprint density at radius 2 is 1.79 bits per heavy atom. The third kappa shape index (κ3) is 3.82. The molecular weight excluding hydrogens is 300 g/mol. The molecule has 3 rings (SSSR count). The Bertz CT molecular complexity index is 679. The topological polar surface area (TPSA) is 35.9 Å². The molecule has 1 N–H and O–H groups in total. The van der Waals surface area contributed by atoms with Crippen LogP contribution < -0.4 is 9.64 Å². The molecule has 0 aromatic heterocycles. The van der Waals surface area contributed by atoms with Gasteiger partial charge in [0.05, 0.1) is 6.61 Å². The van der Waals surface area contributed by atoms with Crippen molar-refractivity contribution >= 4 is 5.69 Å². The molecule has 0 saturated carbocycles. The summed E-state index contributed by atoms with van der Waals surface area (Å²) in [6, 6.07) is 14.2. The van der Waals surface area contributed by atoms with Crippen molar-refractivity contribution in [2.45, 2.75) is 20.4 Å². The maximum absolute atomic E-state index is 9.81. The predicted octanol–water partition coefficient (Wildman–Crippen LogP) is 3.42. The van der Waals surface area contributed by atoms with Crippen molar-refractivity contribution in [1.29, 1.82) is 0 Å². The van der Waals surface area contributed by atoms with Crippen LogP contribution in [0.5, 0.6) is 11.5 Å². The number of hydrogen-bond acceptors (Lipinski definition) is 4. The van der Waals surface area contributed by atoms with Crippen molar-refractivity contribution in [3.8, 4) is 11.5 Å². The van der Waals surface area contributed by atoms with E-state index in [-0.39, 0.29) is 5.75 Å². The van der Waals surface area contributed by atoms with E-state index < -0.39 is 0 Å². The summed E-state index contributed by atoms with van der Waals surface area (Å²) < 4.78 is 5.48. The fourth-order valence-electron chi connectivity index (χ4n) is 3.25. The number of aromatic hydroxyl groups is 1. The van der Waals surface area contributed by atoms with Crippen molar-refractivity contribution in [2.75, 3.05) is 37.7 Å². The highest BCUT2D eigenvalue weighted by molar-refractivity contribution is 5.53. The van der Waals surface area contributed by atoms with Gasteiger partial charge in [-0.15, -0.1) is 0 Å². The number of rotatable bonds is 5. The summed E-state index contributed by atoms with van der Waals surface area (Å²) in [5.74, 6) is 0.790. The molecule has 1 fully saturated rings. The Hall–Kier alpha value is -2.20. The van der Waals surface area contributed by atoms with Gasteiger partial charge in [0.15, 0.2) is 11.5 Å². The number of nitrogens with zero attached hydrogens (tertiary/aromatic N) is 2. The number of phenolic OH excluding ortho intramolecular Hbond substituents is 1. The molecule has 0 spiro atoms. The molecule has 1 aliphatic heterocycles. The first-order valence-corrected chi connectivity index (χ1v) is 8.65. The first kappa shape index (κ1) is 16.7. The predicted molar refractivity (Wildman–Crippen MR) is 97.9 cm³/mol. The number of anilines is 1. The van der Waals surface area contributed by atoms with Crippen LogP contribution in [0.3, 0.4) is 0 Å². The van der Waals surface area contributed by atoms with Crippen molar-refractivity contribution in [3.63, 3.8) is 0 Å². The number of benzene rings is 2. The minimum Gasteiger partial charge on any atom is -0.504 e. The molecule has 1 aliphatic rings. The second-order valence-corrected chi connectivity index (χ2v) is 6.28. The molecule has 0 radical (unpaired) electrons. The van der Waals surface area contributed by atoms with Crippen LogP contribution in [0.1, 0.15) is 18.1 Å². The van der Waals surface area contributed by atoms with E-state index in [1.165, 1.54) is 16.8 Å². The lowest BCUT2D eigenvalue weighted by molar-refractivity contribution is 0.249. The quantitative estimate of drug-likeness (QED) is 0.913. The van der Waals surface area contributed by atoms with Crippen LogP contribution >= 0.6 is 0 Å². The van der Waals surface area contributed by atoms with Gasteiger partial charge >= 0.3 is 0 Å². The third-order valence-corrected chi connectivity index (χ3v) is 4.56. The van der Waals surface area contributed by atoms with Crippen LogP contribution in [0.15, 0.2) is 42.5 Å². The minimum absolute atomic E-state index is 0.213. The summed E-state index contributed by atoms with van der Waals surface area (Å²) >= 11 is 0. The highest BCUT2D eigenvalue weighted by Gasteiger charge is 2.18. The third-order valence-electron chi connectivity index (χ3n) is 4.56. The number of piperazine rings is 1. The smallest absolute Gasteiger partial charge is 0.161 e. The molecule has 0 atom stereocenters. The zero-order valence-corrected chi connectivity index (χ0v) is 14.5. The van der Waals surface area contributed by atoms with Crippen molar-refractivity contribution in [2.24, 2.45) is 0 Å². The number of ether oxygens (including phenoxy) is 1. The average molecular weight is 326 g/mol. The molecule has 0 unspecified atom stereocenters. The standard InChI is InChI=1S/C20H26N2O2/c1-3-24-20-14-17(8-9-19(20)23)15-21-10-12-22(13-11-21)18-7-5-4-6-16(18)2/h4-9,14,23H,3,10-13,15H2,1-2H3. The van der Waals surface area contributed by atoms with E-state index >= 15 is 0 Å². The summed E-state index contributed by atoms with van der Waals surface area (Å²) in [4.78, 5) is 4.92. The fraction of sp³-hybridized carbons (Fsp3) is 0.400. The van der Waals surface area contributed by atoms with Crippen LogP contribution in [0, 0.1) is 6.92 Å². The zero-order valence-electron chi connectivity index (χ0n) is 14.5. The minimum atomic E-state index is 0.213. The molecule has 2 aromatic rings. The van der Waals surface area contributed by atoms with E-state index in [1.807, 2.05) is 19.1 Å². The molecule has 128 valence electrons. The van der Waals surface area contributed by atoms with Crippen LogP contribution in [0.4, 0.5) is 5.69 Å². The highest BCUT2D eigenvalue weighted by atomic mass is 16.5. The van der Waals surface area contributed by atoms with E-state index in [0.29, 0.717) is 12.4 Å². The molecule has 0 amide bonds. The summed E-state index contributed by atoms with van der Waals surface area (Å²) in [6.45, 7) is 9.72. The number of para-hydroxylation sites is 1. The number of hydrogen-bond donors (Lipinski definition) is 1. The summed E-state index contributed by atoms with van der Waals surface area (Å²) in [5, 5.41) is 9.81. The summed E-state index contributed by atoms with van der Waals surface area (Å²) in [7, 11) is 0. The molecule has 1 heterocycles. The SMILES string of the molecule is CCOc1cc(CN2CCN(c3ccccc3C)CC2)ccc1O. The van der Waals surface area contributed by atoms with Crippen LogP contribution in [-0.4, -0.2) is 42.8 Å². The highest BCUT2D eigenvalue weighted by Crippen LogP contribution is 2.28. The Balaban J connectivity index is 1.59. The number of aryl methyl sites for hydroxylation is 1. The molecular formula is C20H26N2O2. The molecule has 0 bridgehead atoms. The van der Waals surface area contributed by atoms with Crippen LogP contribution in [-0.2, 0) is 6.54 Å². The maximum atomic E-state index is 9.81. The Kier molecular flexibility index (Phi) is 5.26. The summed E-state index contributed by atoms with van der Waals surface area (Å²) in [5.41, 5.74) is 3.87. The Morgan fingerprint density at radius 3 is 2.50 bits per heavy atom. The molecule has 2 aromatic carbocycles. The lowest BCUT2D eigenvalue weighted by atomic mass is 10.1. The van der Waals surface area contributed by atoms with Gasteiger partial charge in [0.25, 0.3) is 0 Å². The molecule has 0 aliphatic carbocycles. The zero-order chi connectivity index (χ0) is 16.9. The van der Waals surface area contributed by atoms with Gasteiger partial charge in [-0.25, -0.2) is 0 Å². The van der Waals surface area contributed by atoms with Gasteiger partial charge in [-0.05, 0) is 43.2 Å².